The number of rotatable bonds is 9. The Morgan fingerprint density at radius 1 is 1.03 bits per heavy atom. The number of nitrogens with zero attached hydrogens (tertiary/aromatic N) is 1. The summed E-state index contributed by atoms with van der Waals surface area (Å²) in [6.45, 7) is 2.21. The second-order valence-corrected chi connectivity index (χ2v) is 7.00. The molecule has 0 saturated carbocycles. The third-order valence-corrected chi connectivity index (χ3v) is 4.83. The quantitative estimate of drug-likeness (QED) is 0.326. The number of carboxylic acid groups (broad SMARTS) is 1. The number of aryl methyl sites for hydroxylation is 1. The van der Waals surface area contributed by atoms with Crippen LogP contribution >= 0.6 is 0 Å². The van der Waals surface area contributed by atoms with Crippen LogP contribution in [0.2, 0.25) is 0 Å². The van der Waals surface area contributed by atoms with Crippen molar-refractivity contribution in [1.29, 1.82) is 0 Å². The van der Waals surface area contributed by atoms with E-state index < -0.39 is 12.0 Å². The predicted octanol–water partition coefficient (Wildman–Crippen LogP) is 4.69. The molecule has 8 heteroatoms. The third kappa shape index (κ3) is 6.33. The van der Waals surface area contributed by atoms with Crippen molar-refractivity contribution in [3.8, 4) is 11.5 Å². The van der Waals surface area contributed by atoms with E-state index in [4.69, 9.17) is 14.6 Å². The first-order valence-corrected chi connectivity index (χ1v) is 10.3. The maximum atomic E-state index is 12.2. The lowest BCUT2D eigenvalue weighted by atomic mass is 10.1. The molecule has 3 aromatic rings. The molecule has 0 heterocycles. The molecule has 0 aliphatic heterocycles. The molecular formula is C25H25N3O5. The Kier molecular flexibility index (Phi) is 8.02. The van der Waals surface area contributed by atoms with Crippen molar-refractivity contribution in [3.05, 3.63) is 89.0 Å². The molecule has 0 spiro atoms. The number of ether oxygens (including phenoxy) is 2. The Bertz CT molecular complexity index is 1140. The number of nitrogens with one attached hydrogen (secondary N) is 2. The van der Waals surface area contributed by atoms with Gasteiger partial charge in [0.1, 0.15) is 6.61 Å². The zero-order chi connectivity index (χ0) is 23.6. The van der Waals surface area contributed by atoms with Gasteiger partial charge < -0.3 is 19.9 Å². The summed E-state index contributed by atoms with van der Waals surface area (Å²) in [5.74, 6) is -0.0348. The van der Waals surface area contributed by atoms with Crippen LogP contribution in [0.15, 0.2) is 71.8 Å². The van der Waals surface area contributed by atoms with Crippen molar-refractivity contribution in [3.63, 3.8) is 0 Å². The zero-order valence-corrected chi connectivity index (χ0v) is 18.4. The SMILES string of the molecule is CCc1ccccc1NC(=O)N/N=C/c1cccc(OC)c1OCc1ccc(C(=O)O)cc1. The standard InChI is InChI=1S/C25H25N3O5/c1-3-18-7-4-5-9-21(18)27-25(31)28-26-15-20-8-6-10-22(32-2)23(20)33-16-17-11-13-19(14-12-17)24(29)30/h4-15H,3,16H2,1-2H3,(H,29,30)(H2,27,28,31)/b26-15+. The minimum absolute atomic E-state index is 0.197. The van der Waals surface area contributed by atoms with Crippen molar-refractivity contribution in [2.45, 2.75) is 20.0 Å². The lowest BCUT2D eigenvalue weighted by Gasteiger charge is -2.13. The number of carbonyl (C=O) groups is 2. The summed E-state index contributed by atoms with van der Waals surface area (Å²) in [6.07, 6.45) is 2.26. The Morgan fingerprint density at radius 3 is 2.48 bits per heavy atom. The molecule has 0 saturated heterocycles. The van der Waals surface area contributed by atoms with E-state index in [1.54, 1.807) is 30.3 Å². The summed E-state index contributed by atoms with van der Waals surface area (Å²) in [5.41, 5.74) is 5.81. The highest BCUT2D eigenvalue weighted by atomic mass is 16.5. The molecule has 3 N–H and O–H groups in total. The molecule has 0 atom stereocenters. The predicted molar refractivity (Wildman–Crippen MR) is 126 cm³/mol. The van der Waals surface area contributed by atoms with Gasteiger partial charge in [-0.15, -0.1) is 0 Å². The third-order valence-electron chi connectivity index (χ3n) is 4.83. The molecule has 0 aromatic heterocycles. The number of amides is 2. The molecule has 0 aliphatic rings. The smallest absolute Gasteiger partial charge is 0.339 e. The van der Waals surface area contributed by atoms with Crippen LogP contribution in [0.5, 0.6) is 11.5 Å². The molecule has 33 heavy (non-hydrogen) atoms. The van der Waals surface area contributed by atoms with Gasteiger partial charge in [-0.2, -0.15) is 5.10 Å². The van der Waals surface area contributed by atoms with Gasteiger partial charge in [0.15, 0.2) is 11.5 Å². The van der Waals surface area contributed by atoms with Gasteiger partial charge >= 0.3 is 12.0 Å². The Hall–Kier alpha value is -4.33. The van der Waals surface area contributed by atoms with Crippen LogP contribution in [-0.2, 0) is 13.0 Å². The average Bonchev–Trinajstić information content (AvgIpc) is 2.83. The van der Waals surface area contributed by atoms with E-state index in [0.29, 0.717) is 17.1 Å². The molecule has 0 radical (unpaired) electrons. The minimum atomic E-state index is -0.986. The number of carboxylic acids is 1. The highest BCUT2D eigenvalue weighted by molar-refractivity contribution is 5.92. The molecule has 3 rings (SSSR count). The second kappa shape index (κ2) is 11.3. The van der Waals surface area contributed by atoms with E-state index in [1.165, 1.54) is 25.5 Å². The summed E-state index contributed by atoms with van der Waals surface area (Å²) in [6, 6.07) is 18.8. The number of para-hydroxylation sites is 2. The van der Waals surface area contributed by atoms with Crippen LogP contribution in [0.25, 0.3) is 0 Å². The number of methoxy groups -OCH3 is 1. The Morgan fingerprint density at radius 2 is 1.79 bits per heavy atom. The Balaban J connectivity index is 1.68. The lowest BCUT2D eigenvalue weighted by Crippen LogP contribution is -2.24. The van der Waals surface area contributed by atoms with Crippen molar-refractivity contribution in [2.75, 3.05) is 12.4 Å². The van der Waals surface area contributed by atoms with Gasteiger partial charge in [-0.1, -0.05) is 43.3 Å². The zero-order valence-electron chi connectivity index (χ0n) is 18.4. The maximum absolute atomic E-state index is 12.2. The number of hydrogen-bond donors (Lipinski definition) is 3. The van der Waals surface area contributed by atoms with Crippen LogP contribution in [0.4, 0.5) is 10.5 Å². The molecular weight excluding hydrogens is 422 g/mol. The summed E-state index contributed by atoms with van der Waals surface area (Å²) in [4.78, 5) is 23.2. The minimum Gasteiger partial charge on any atom is -0.493 e. The molecule has 170 valence electrons. The summed E-state index contributed by atoms with van der Waals surface area (Å²) < 4.78 is 11.3. The van der Waals surface area contributed by atoms with Gasteiger partial charge in [0.25, 0.3) is 0 Å². The van der Waals surface area contributed by atoms with E-state index in [1.807, 2.05) is 31.2 Å². The van der Waals surface area contributed by atoms with Crippen molar-refractivity contribution in [2.24, 2.45) is 5.10 Å². The number of carbonyl (C=O) groups excluding carboxylic acids is 1. The fraction of sp³-hybridized carbons (Fsp3) is 0.160. The van der Waals surface area contributed by atoms with E-state index >= 15 is 0 Å². The molecule has 8 nitrogen and oxygen atoms in total. The first kappa shape index (κ1) is 23.3. The average molecular weight is 447 g/mol. The number of hydrazone groups is 1. The van der Waals surface area contributed by atoms with Gasteiger partial charge in [0.05, 0.1) is 18.9 Å². The largest absolute Gasteiger partial charge is 0.493 e. The highest BCUT2D eigenvalue weighted by Crippen LogP contribution is 2.31. The van der Waals surface area contributed by atoms with Gasteiger partial charge in [-0.3, -0.25) is 0 Å². The number of benzene rings is 3. The number of hydrogen-bond acceptors (Lipinski definition) is 5. The molecule has 0 aliphatic carbocycles. The lowest BCUT2D eigenvalue weighted by molar-refractivity contribution is 0.0696. The molecule has 2 amide bonds. The van der Waals surface area contributed by atoms with Crippen molar-refractivity contribution < 1.29 is 24.2 Å². The first-order valence-electron chi connectivity index (χ1n) is 10.3. The number of urea groups is 1. The maximum Gasteiger partial charge on any atom is 0.339 e. The number of aromatic carboxylic acids is 1. The molecule has 0 fully saturated rings. The topological polar surface area (TPSA) is 109 Å². The summed E-state index contributed by atoms with van der Waals surface area (Å²) in [5, 5.41) is 15.8. The monoisotopic (exact) mass is 447 g/mol. The van der Waals surface area contributed by atoms with Crippen LogP contribution < -0.4 is 20.2 Å². The normalized spacial score (nSPS) is 10.6. The second-order valence-electron chi connectivity index (χ2n) is 7.00. The van der Waals surface area contributed by atoms with Gasteiger partial charge in [-0.05, 0) is 47.9 Å². The van der Waals surface area contributed by atoms with E-state index in [0.717, 1.165) is 23.2 Å². The van der Waals surface area contributed by atoms with Gasteiger partial charge in [-0.25, -0.2) is 15.0 Å². The van der Waals surface area contributed by atoms with E-state index in [-0.39, 0.29) is 12.2 Å². The van der Waals surface area contributed by atoms with Gasteiger partial charge in [0, 0.05) is 11.3 Å². The first-order chi connectivity index (χ1) is 16.0. The molecule has 0 bridgehead atoms. The van der Waals surface area contributed by atoms with Crippen LogP contribution in [-0.4, -0.2) is 30.4 Å². The highest BCUT2D eigenvalue weighted by Gasteiger charge is 2.11. The molecule has 0 unspecified atom stereocenters. The van der Waals surface area contributed by atoms with Crippen LogP contribution in [0.1, 0.15) is 34.0 Å². The van der Waals surface area contributed by atoms with Crippen molar-refractivity contribution >= 4 is 23.9 Å². The fourth-order valence-electron chi connectivity index (χ4n) is 3.11. The van der Waals surface area contributed by atoms with Crippen LogP contribution in [0, 0.1) is 0 Å². The van der Waals surface area contributed by atoms with Crippen LogP contribution in [0.3, 0.4) is 0 Å². The fourth-order valence-corrected chi connectivity index (χ4v) is 3.11. The summed E-state index contributed by atoms with van der Waals surface area (Å²) >= 11 is 0. The van der Waals surface area contributed by atoms with Crippen molar-refractivity contribution in [1.82, 2.24) is 5.43 Å². The Labute approximate surface area is 191 Å². The number of anilines is 1. The van der Waals surface area contributed by atoms with Gasteiger partial charge in [0.2, 0.25) is 0 Å². The molecule has 3 aromatic carbocycles. The summed E-state index contributed by atoms with van der Waals surface area (Å²) in [7, 11) is 1.53. The van der Waals surface area contributed by atoms with E-state index in [2.05, 4.69) is 15.8 Å². The van der Waals surface area contributed by atoms with E-state index in [9.17, 15) is 9.59 Å².